The topological polar surface area (TPSA) is 67.9 Å². The Labute approximate surface area is 137 Å². The van der Waals surface area contributed by atoms with Crippen LogP contribution in [-0.4, -0.2) is 22.0 Å². The van der Waals surface area contributed by atoms with E-state index in [1.807, 2.05) is 30.1 Å². The standard InChI is InChI=1S/C15H13Cl2N5/c1-22(7-9-3-2-4-11(16)13(9)17)15-10-5-6-12(18)21-14(10)19-8-20-15/h2-6,8H,7H2,1H3,(H2,18,19,20,21). The van der Waals surface area contributed by atoms with Gasteiger partial charge in [0.25, 0.3) is 0 Å². The first-order chi connectivity index (χ1) is 10.6. The molecule has 0 aliphatic heterocycles. The molecule has 1 aromatic carbocycles. The summed E-state index contributed by atoms with van der Waals surface area (Å²) in [5.74, 6) is 1.19. The van der Waals surface area contributed by atoms with E-state index in [1.54, 1.807) is 12.1 Å². The molecule has 3 aromatic rings. The van der Waals surface area contributed by atoms with Gasteiger partial charge in [0.1, 0.15) is 18.0 Å². The second-order valence-electron chi connectivity index (χ2n) is 4.87. The van der Waals surface area contributed by atoms with Crippen LogP contribution in [-0.2, 0) is 6.54 Å². The molecular formula is C15H13Cl2N5. The van der Waals surface area contributed by atoms with Crippen molar-refractivity contribution in [1.82, 2.24) is 15.0 Å². The largest absolute Gasteiger partial charge is 0.384 e. The van der Waals surface area contributed by atoms with E-state index >= 15 is 0 Å². The highest BCUT2D eigenvalue weighted by Crippen LogP contribution is 2.28. The molecular weight excluding hydrogens is 321 g/mol. The van der Waals surface area contributed by atoms with Crippen LogP contribution >= 0.6 is 23.2 Å². The number of rotatable bonds is 3. The van der Waals surface area contributed by atoms with Crippen molar-refractivity contribution in [2.45, 2.75) is 6.54 Å². The third-order valence-corrected chi connectivity index (χ3v) is 4.16. The van der Waals surface area contributed by atoms with Gasteiger partial charge in [-0.2, -0.15) is 0 Å². The predicted octanol–water partition coefficient (Wildman–Crippen LogP) is 3.55. The highest BCUT2D eigenvalue weighted by molar-refractivity contribution is 6.42. The molecule has 112 valence electrons. The first-order valence-electron chi connectivity index (χ1n) is 6.57. The second kappa shape index (κ2) is 5.94. The van der Waals surface area contributed by atoms with Crippen molar-refractivity contribution in [2.75, 3.05) is 17.7 Å². The monoisotopic (exact) mass is 333 g/mol. The number of nitrogen functional groups attached to an aromatic ring is 1. The van der Waals surface area contributed by atoms with Crippen LogP contribution in [0.5, 0.6) is 0 Å². The predicted molar refractivity (Wildman–Crippen MR) is 90.3 cm³/mol. The summed E-state index contributed by atoms with van der Waals surface area (Å²) in [6.07, 6.45) is 1.47. The van der Waals surface area contributed by atoms with Gasteiger partial charge in [-0.05, 0) is 23.8 Å². The van der Waals surface area contributed by atoms with Gasteiger partial charge in [0.05, 0.1) is 15.4 Å². The Morgan fingerprint density at radius 2 is 1.95 bits per heavy atom. The molecule has 2 heterocycles. The molecule has 2 N–H and O–H groups in total. The molecule has 3 rings (SSSR count). The van der Waals surface area contributed by atoms with Crippen molar-refractivity contribution >= 4 is 45.9 Å². The van der Waals surface area contributed by atoms with Crippen LogP contribution in [0, 0.1) is 0 Å². The number of fused-ring (bicyclic) bond motifs is 1. The van der Waals surface area contributed by atoms with Gasteiger partial charge in [-0.15, -0.1) is 0 Å². The van der Waals surface area contributed by atoms with Crippen molar-refractivity contribution in [1.29, 1.82) is 0 Å². The Balaban J connectivity index is 1.99. The molecule has 2 aromatic heterocycles. The minimum absolute atomic E-state index is 0.428. The average molecular weight is 334 g/mol. The summed E-state index contributed by atoms with van der Waals surface area (Å²) in [7, 11) is 1.93. The number of nitrogens with two attached hydrogens (primary N) is 1. The number of nitrogens with zero attached hydrogens (tertiary/aromatic N) is 4. The second-order valence-corrected chi connectivity index (χ2v) is 5.66. The van der Waals surface area contributed by atoms with Crippen molar-refractivity contribution in [3.63, 3.8) is 0 Å². The third-order valence-electron chi connectivity index (χ3n) is 3.30. The van der Waals surface area contributed by atoms with Gasteiger partial charge < -0.3 is 10.6 Å². The molecule has 0 atom stereocenters. The zero-order chi connectivity index (χ0) is 15.7. The molecule has 0 radical (unpaired) electrons. The highest BCUT2D eigenvalue weighted by atomic mass is 35.5. The quantitative estimate of drug-likeness (QED) is 0.793. The summed E-state index contributed by atoms with van der Waals surface area (Å²) >= 11 is 12.3. The van der Waals surface area contributed by atoms with Gasteiger partial charge in [-0.3, -0.25) is 0 Å². The third kappa shape index (κ3) is 2.77. The Hall–Kier alpha value is -2.11. The number of pyridine rings is 1. The molecule has 22 heavy (non-hydrogen) atoms. The fourth-order valence-electron chi connectivity index (χ4n) is 2.25. The Bertz CT molecular complexity index is 837. The smallest absolute Gasteiger partial charge is 0.166 e. The van der Waals surface area contributed by atoms with Gasteiger partial charge in [0.15, 0.2) is 5.65 Å². The lowest BCUT2D eigenvalue weighted by Crippen LogP contribution is -2.18. The van der Waals surface area contributed by atoms with Crippen LogP contribution in [0.15, 0.2) is 36.7 Å². The maximum absolute atomic E-state index is 6.24. The average Bonchev–Trinajstić information content (AvgIpc) is 2.51. The molecule has 0 aliphatic rings. The Morgan fingerprint density at radius 1 is 1.14 bits per heavy atom. The van der Waals surface area contributed by atoms with Crippen LogP contribution in [0.1, 0.15) is 5.56 Å². The van der Waals surface area contributed by atoms with Gasteiger partial charge in [0.2, 0.25) is 0 Å². The summed E-state index contributed by atoms with van der Waals surface area (Å²) in [6, 6.07) is 9.17. The molecule has 5 nitrogen and oxygen atoms in total. The van der Waals surface area contributed by atoms with Crippen molar-refractivity contribution in [3.05, 3.63) is 52.3 Å². The van der Waals surface area contributed by atoms with E-state index in [4.69, 9.17) is 28.9 Å². The number of halogens is 2. The molecule has 0 amide bonds. The lowest BCUT2D eigenvalue weighted by Gasteiger charge is -2.20. The number of benzene rings is 1. The first kappa shape index (κ1) is 14.8. The summed E-state index contributed by atoms with van der Waals surface area (Å²) in [5, 5.41) is 1.92. The molecule has 0 saturated carbocycles. The Kier molecular flexibility index (Phi) is 4.00. The van der Waals surface area contributed by atoms with E-state index in [-0.39, 0.29) is 0 Å². The van der Waals surface area contributed by atoms with Crippen LogP contribution in [0.3, 0.4) is 0 Å². The fourth-order valence-corrected chi connectivity index (χ4v) is 2.63. The van der Waals surface area contributed by atoms with Crippen molar-refractivity contribution in [2.24, 2.45) is 0 Å². The first-order valence-corrected chi connectivity index (χ1v) is 7.33. The van der Waals surface area contributed by atoms with Crippen LogP contribution < -0.4 is 10.6 Å². The zero-order valence-corrected chi connectivity index (χ0v) is 13.3. The maximum Gasteiger partial charge on any atom is 0.166 e. The van der Waals surface area contributed by atoms with Crippen LogP contribution in [0.25, 0.3) is 11.0 Å². The summed E-state index contributed by atoms with van der Waals surface area (Å²) in [5.41, 5.74) is 7.18. The number of hydrogen-bond donors (Lipinski definition) is 1. The molecule has 0 aliphatic carbocycles. The van der Waals surface area contributed by atoms with E-state index in [9.17, 15) is 0 Å². The minimum atomic E-state index is 0.428. The van der Waals surface area contributed by atoms with Gasteiger partial charge in [-0.1, -0.05) is 35.3 Å². The molecule has 0 saturated heterocycles. The van der Waals surface area contributed by atoms with Gasteiger partial charge >= 0.3 is 0 Å². The lowest BCUT2D eigenvalue weighted by atomic mass is 10.2. The molecule has 0 unspecified atom stereocenters. The minimum Gasteiger partial charge on any atom is -0.384 e. The van der Waals surface area contributed by atoms with E-state index in [2.05, 4.69) is 15.0 Å². The van der Waals surface area contributed by atoms with Crippen LogP contribution in [0.2, 0.25) is 10.0 Å². The fraction of sp³-hybridized carbons (Fsp3) is 0.133. The van der Waals surface area contributed by atoms with Gasteiger partial charge in [-0.25, -0.2) is 15.0 Å². The summed E-state index contributed by atoms with van der Waals surface area (Å²) in [6.45, 7) is 0.565. The molecule has 7 heteroatoms. The van der Waals surface area contributed by atoms with Crippen molar-refractivity contribution < 1.29 is 0 Å². The Morgan fingerprint density at radius 3 is 2.77 bits per heavy atom. The normalized spacial score (nSPS) is 10.9. The SMILES string of the molecule is CN(Cc1cccc(Cl)c1Cl)c1ncnc2nc(N)ccc12. The molecule has 0 spiro atoms. The highest BCUT2D eigenvalue weighted by Gasteiger charge is 2.12. The maximum atomic E-state index is 6.24. The number of hydrogen-bond acceptors (Lipinski definition) is 5. The zero-order valence-electron chi connectivity index (χ0n) is 11.8. The van der Waals surface area contributed by atoms with E-state index in [1.165, 1.54) is 6.33 Å². The summed E-state index contributed by atoms with van der Waals surface area (Å²) in [4.78, 5) is 14.7. The van der Waals surface area contributed by atoms with E-state index in [0.717, 1.165) is 16.8 Å². The number of aromatic nitrogens is 3. The summed E-state index contributed by atoms with van der Waals surface area (Å²) < 4.78 is 0. The van der Waals surface area contributed by atoms with E-state index in [0.29, 0.717) is 28.1 Å². The number of anilines is 2. The van der Waals surface area contributed by atoms with Crippen molar-refractivity contribution in [3.8, 4) is 0 Å². The molecule has 0 bridgehead atoms. The molecule has 0 fully saturated rings. The van der Waals surface area contributed by atoms with E-state index < -0.39 is 0 Å². The lowest BCUT2D eigenvalue weighted by molar-refractivity contribution is 0.899. The van der Waals surface area contributed by atoms with Gasteiger partial charge in [0, 0.05) is 13.6 Å². The van der Waals surface area contributed by atoms with Crippen LogP contribution in [0.4, 0.5) is 11.6 Å².